The van der Waals surface area contributed by atoms with Gasteiger partial charge < -0.3 is 9.32 Å². The molecule has 0 spiro atoms. The summed E-state index contributed by atoms with van der Waals surface area (Å²) < 4.78 is 5.39. The van der Waals surface area contributed by atoms with Gasteiger partial charge in [-0.3, -0.25) is 0 Å². The van der Waals surface area contributed by atoms with Gasteiger partial charge in [-0.05, 0) is 42.3 Å². The molecule has 2 heterocycles. The lowest BCUT2D eigenvalue weighted by atomic mass is 10.1. The van der Waals surface area contributed by atoms with Gasteiger partial charge in [-0.15, -0.1) is 0 Å². The van der Waals surface area contributed by atoms with E-state index in [1.54, 1.807) is 6.26 Å². The second-order valence-corrected chi connectivity index (χ2v) is 3.99. The summed E-state index contributed by atoms with van der Waals surface area (Å²) in [6.45, 7) is 1.12. The van der Waals surface area contributed by atoms with Crippen molar-refractivity contribution >= 4 is 5.69 Å². The van der Waals surface area contributed by atoms with Crippen molar-refractivity contribution in [3.63, 3.8) is 0 Å². The fourth-order valence-corrected chi connectivity index (χ4v) is 2.16. The van der Waals surface area contributed by atoms with E-state index in [1.165, 1.54) is 16.8 Å². The number of hydrogen-bond donors (Lipinski definition) is 0. The Bertz CT molecular complexity index is 473. The second-order valence-electron chi connectivity index (χ2n) is 3.99. The Morgan fingerprint density at radius 3 is 3.00 bits per heavy atom. The van der Waals surface area contributed by atoms with Crippen LogP contribution in [-0.4, -0.2) is 13.6 Å². The molecule has 1 aromatic carbocycles. The van der Waals surface area contributed by atoms with Crippen molar-refractivity contribution in [2.75, 3.05) is 18.5 Å². The minimum atomic E-state index is 0.951. The Kier molecular flexibility index (Phi) is 1.81. The maximum Gasteiger partial charge on any atom is 0.133 e. The minimum Gasteiger partial charge on any atom is -0.464 e. The summed E-state index contributed by atoms with van der Waals surface area (Å²) in [5.74, 6) is 0.951. The van der Waals surface area contributed by atoms with Crippen LogP contribution in [0.3, 0.4) is 0 Å². The first kappa shape index (κ1) is 8.60. The Balaban J connectivity index is 2.07. The molecule has 0 saturated carbocycles. The zero-order chi connectivity index (χ0) is 10.3. The molecule has 1 aromatic heterocycles. The molecule has 0 N–H and O–H groups in total. The summed E-state index contributed by atoms with van der Waals surface area (Å²) in [4.78, 5) is 2.29. The van der Waals surface area contributed by atoms with E-state index in [0.717, 1.165) is 18.7 Å². The van der Waals surface area contributed by atoms with Crippen LogP contribution in [0.15, 0.2) is 41.0 Å². The second kappa shape index (κ2) is 3.16. The number of hydrogen-bond acceptors (Lipinski definition) is 2. The van der Waals surface area contributed by atoms with Gasteiger partial charge in [0.15, 0.2) is 0 Å². The number of anilines is 1. The monoisotopic (exact) mass is 199 g/mol. The Labute approximate surface area is 89.1 Å². The maximum absolute atomic E-state index is 5.39. The predicted octanol–water partition coefficient (Wildman–Crippen LogP) is 2.94. The Morgan fingerprint density at radius 2 is 2.20 bits per heavy atom. The number of furan rings is 1. The maximum atomic E-state index is 5.39. The molecule has 0 amide bonds. The molecule has 0 saturated heterocycles. The van der Waals surface area contributed by atoms with E-state index in [1.807, 2.05) is 12.1 Å². The largest absolute Gasteiger partial charge is 0.464 e. The zero-order valence-corrected chi connectivity index (χ0v) is 8.73. The van der Waals surface area contributed by atoms with Crippen molar-refractivity contribution in [1.29, 1.82) is 0 Å². The lowest BCUT2D eigenvalue weighted by Gasteiger charge is -2.11. The van der Waals surface area contributed by atoms with Crippen molar-refractivity contribution < 1.29 is 4.42 Å². The van der Waals surface area contributed by atoms with Gasteiger partial charge in [0.2, 0.25) is 0 Å². The van der Waals surface area contributed by atoms with Crippen LogP contribution >= 0.6 is 0 Å². The topological polar surface area (TPSA) is 16.4 Å². The lowest BCUT2D eigenvalue weighted by molar-refractivity contribution is 0.582. The van der Waals surface area contributed by atoms with Gasteiger partial charge in [0.1, 0.15) is 5.76 Å². The zero-order valence-electron chi connectivity index (χ0n) is 8.73. The van der Waals surface area contributed by atoms with Crippen LogP contribution in [0.4, 0.5) is 5.69 Å². The molecule has 2 aromatic rings. The third kappa shape index (κ3) is 1.33. The van der Waals surface area contributed by atoms with Crippen LogP contribution in [0.25, 0.3) is 11.3 Å². The quantitative estimate of drug-likeness (QED) is 0.702. The van der Waals surface area contributed by atoms with E-state index in [4.69, 9.17) is 4.42 Å². The smallest absolute Gasteiger partial charge is 0.133 e. The average Bonchev–Trinajstić information content (AvgIpc) is 2.88. The number of nitrogens with zero attached hydrogens (tertiary/aromatic N) is 1. The number of benzene rings is 1. The highest BCUT2D eigenvalue weighted by atomic mass is 16.3. The first-order valence-electron chi connectivity index (χ1n) is 5.22. The van der Waals surface area contributed by atoms with E-state index >= 15 is 0 Å². The van der Waals surface area contributed by atoms with Crippen LogP contribution in [0, 0.1) is 0 Å². The van der Waals surface area contributed by atoms with Crippen LogP contribution < -0.4 is 4.90 Å². The van der Waals surface area contributed by atoms with Crippen LogP contribution in [0.5, 0.6) is 0 Å². The molecule has 0 aliphatic carbocycles. The number of fused-ring (bicyclic) bond motifs is 1. The van der Waals surface area contributed by atoms with E-state index in [2.05, 4.69) is 30.1 Å². The molecule has 2 nitrogen and oxygen atoms in total. The van der Waals surface area contributed by atoms with Crippen molar-refractivity contribution in [2.45, 2.75) is 6.42 Å². The van der Waals surface area contributed by atoms with Crippen LogP contribution in [-0.2, 0) is 6.42 Å². The van der Waals surface area contributed by atoms with Gasteiger partial charge in [-0.2, -0.15) is 0 Å². The highest BCUT2D eigenvalue weighted by Crippen LogP contribution is 2.31. The highest BCUT2D eigenvalue weighted by molar-refractivity contribution is 5.67. The molecular formula is C13H13NO. The summed E-state index contributed by atoms with van der Waals surface area (Å²) in [5, 5.41) is 0. The molecular weight excluding hydrogens is 186 g/mol. The third-order valence-electron chi connectivity index (χ3n) is 3.01. The first-order valence-corrected chi connectivity index (χ1v) is 5.22. The van der Waals surface area contributed by atoms with Gasteiger partial charge in [0.25, 0.3) is 0 Å². The fraction of sp³-hybridized carbons (Fsp3) is 0.231. The first-order chi connectivity index (χ1) is 7.34. The fourth-order valence-electron chi connectivity index (χ4n) is 2.16. The molecule has 0 bridgehead atoms. The molecule has 0 unspecified atom stereocenters. The number of likely N-dealkylation sites (N-methyl/N-ethyl adjacent to an activating group) is 1. The molecule has 0 radical (unpaired) electrons. The molecule has 3 rings (SSSR count). The van der Waals surface area contributed by atoms with Crippen molar-refractivity contribution in [2.24, 2.45) is 0 Å². The molecule has 1 aliphatic heterocycles. The summed E-state index contributed by atoms with van der Waals surface area (Å²) >= 11 is 0. The normalized spacial score (nSPS) is 14.3. The minimum absolute atomic E-state index is 0.951. The van der Waals surface area contributed by atoms with E-state index in [0.29, 0.717) is 0 Å². The van der Waals surface area contributed by atoms with Crippen molar-refractivity contribution in [1.82, 2.24) is 0 Å². The SMILES string of the molecule is CN1CCc2cc(-c3ccco3)ccc21. The van der Waals surface area contributed by atoms with Gasteiger partial charge in [0, 0.05) is 24.8 Å². The molecule has 0 fully saturated rings. The standard InChI is InChI=1S/C13H13NO/c1-14-7-6-10-9-11(4-5-12(10)14)13-3-2-8-15-13/h2-5,8-9H,6-7H2,1H3. The van der Waals surface area contributed by atoms with Gasteiger partial charge >= 0.3 is 0 Å². The van der Waals surface area contributed by atoms with E-state index in [-0.39, 0.29) is 0 Å². The molecule has 76 valence electrons. The van der Waals surface area contributed by atoms with E-state index < -0.39 is 0 Å². The predicted molar refractivity (Wildman–Crippen MR) is 61.1 cm³/mol. The van der Waals surface area contributed by atoms with Gasteiger partial charge in [-0.25, -0.2) is 0 Å². The summed E-state index contributed by atoms with van der Waals surface area (Å²) in [5.41, 5.74) is 3.95. The molecule has 1 aliphatic rings. The Morgan fingerprint density at radius 1 is 1.27 bits per heavy atom. The van der Waals surface area contributed by atoms with Crippen LogP contribution in [0.1, 0.15) is 5.56 Å². The van der Waals surface area contributed by atoms with Crippen molar-refractivity contribution in [3.8, 4) is 11.3 Å². The summed E-state index contributed by atoms with van der Waals surface area (Å²) in [7, 11) is 2.14. The van der Waals surface area contributed by atoms with Crippen LogP contribution in [0.2, 0.25) is 0 Å². The van der Waals surface area contributed by atoms with Gasteiger partial charge in [0.05, 0.1) is 6.26 Å². The van der Waals surface area contributed by atoms with E-state index in [9.17, 15) is 0 Å². The van der Waals surface area contributed by atoms with Crippen molar-refractivity contribution in [3.05, 3.63) is 42.2 Å². The molecule has 2 heteroatoms. The summed E-state index contributed by atoms with van der Waals surface area (Å²) in [6, 6.07) is 10.5. The summed E-state index contributed by atoms with van der Waals surface area (Å²) in [6.07, 6.45) is 2.86. The molecule has 15 heavy (non-hydrogen) atoms. The lowest BCUT2D eigenvalue weighted by Crippen LogP contribution is -2.12. The highest BCUT2D eigenvalue weighted by Gasteiger charge is 2.16. The Hall–Kier alpha value is -1.70. The number of rotatable bonds is 1. The molecule has 0 atom stereocenters. The third-order valence-corrected chi connectivity index (χ3v) is 3.01. The van der Waals surface area contributed by atoms with Gasteiger partial charge in [-0.1, -0.05) is 0 Å². The average molecular weight is 199 g/mol.